The van der Waals surface area contributed by atoms with Crippen LogP contribution >= 0.6 is 0 Å². The van der Waals surface area contributed by atoms with Crippen LogP contribution in [0.2, 0.25) is 0 Å². The van der Waals surface area contributed by atoms with Crippen molar-refractivity contribution in [3.63, 3.8) is 0 Å². The fourth-order valence-electron chi connectivity index (χ4n) is 5.30. The fraction of sp³-hybridized carbons (Fsp3) is 0.290. The Balaban J connectivity index is 1.69. The van der Waals surface area contributed by atoms with E-state index in [9.17, 15) is 0 Å². The van der Waals surface area contributed by atoms with E-state index in [1.807, 2.05) is 43.3 Å². The Morgan fingerprint density at radius 2 is 1.94 bits per heavy atom. The molecule has 0 aliphatic heterocycles. The van der Waals surface area contributed by atoms with E-state index in [-0.39, 0.29) is 11.1 Å². The maximum Gasteiger partial charge on any atom is 0.216 e. The zero-order valence-corrected chi connectivity index (χ0v) is 19.5. The average Bonchev–Trinajstić information content (AvgIpc) is 3.41. The molecule has 3 aromatic heterocycles. The zero-order valence-electron chi connectivity index (χ0n) is 29.5. The van der Waals surface area contributed by atoms with Gasteiger partial charge >= 0.3 is 0 Å². The third-order valence-electron chi connectivity index (χ3n) is 7.07. The van der Waals surface area contributed by atoms with Crippen LogP contribution in [0, 0.1) is 13.8 Å². The SMILES string of the molecule is [2H]C([2H])([2H])c1cc(-c2c(C)ccc3c2oc2c4c(cnc23)C(C)(C([2H])([2H])[2H])c2ccccc2-4)[n+](C)cc1C([2H])(C)C([2H])([2H])[2H]. The van der Waals surface area contributed by atoms with Gasteiger partial charge in [0.25, 0.3) is 0 Å². The van der Waals surface area contributed by atoms with E-state index in [2.05, 4.69) is 0 Å². The van der Waals surface area contributed by atoms with Gasteiger partial charge in [-0.1, -0.05) is 57.9 Å². The van der Waals surface area contributed by atoms with Crippen LogP contribution in [-0.2, 0) is 12.5 Å². The van der Waals surface area contributed by atoms with Crippen LogP contribution < -0.4 is 4.57 Å². The second-order valence-corrected chi connectivity index (χ2v) is 9.35. The summed E-state index contributed by atoms with van der Waals surface area (Å²) >= 11 is 0. The lowest BCUT2D eigenvalue weighted by Gasteiger charge is -2.20. The number of furan rings is 1. The predicted molar refractivity (Wildman–Crippen MR) is 139 cm³/mol. The summed E-state index contributed by atoms with van der Waals surface area (Å²) in [5.41, 5.74) is 4.19. The fourth-order valence-corrected chi connectivity index (χ4v) is 5.30. The summed E-state index contributed by atoms with van der Waals surface area (Å²) in [6.45, 7) is -3.07. The van der Waals surface area contributed by atoms with Crippen LogP contribution in [0.4, 0.5) is 0 Å². The van der Waals surface area contributed by atoms with Crippen LogP contribution in [0.25, 0.3) is 44.5 Å². The number of hydrogen-bond donors (Lipinski definition) is 0. The maximum atomic E-state index is 8.67. The van der Waals surface area contributed by atoms with Crippen molar-refractivity contribution in [2.45, 2.75) is 52.6 Å². The van der Waals surface area contributed by atoms with Crippen molar-refractivity contribution in [3.05, 3.63) is 82.7 Å². The minimum Gasteiger partial charge on any atom is -0.453 e. The van der Waals surface area contributed by atoms with Gasteiger partial charge in [0.1, 0.15) is 12.6 Å². The minimum absolute atomic E-state index is 0.113. The Morgan fingerprint density at radius 3 is 2.74 bits per heavy atom. The number of aryl methyl sites for hydroxylation is 3. The molecule has 170 valence electrons. The molecule has 0 N–H and O–H groups in total. The average molecular weight is 458 g/mol. The zero-order chi connectivity index (χ0) is 32.4. The number of pyridine rings is 2. The van der Waals surface area contributed by atoms with E-state index < -0.39 is 31.9 Å². The van der Waals surface area contributed by atoms with Gasteiger partial charge in [0.15, 0.2) is 17.4 Å². The highest BCUT2D eigenvalue weighted by molar-refractivity contribution is 6.12. The summed E-state index contributed by atoms with van der Waals surface area (Å²) in [6, 6.07) is 12.6. The number of benzene rings is 2. The molecule has 1 aliphatic carbocycles. The molecule has 1 aliphatic rings. The van der Waals surface area contributed by atoms with E-state index in [4.69, 9.17) is 23.1 Å². The Morgan fingerprint density at radius 1 is 1.09 bits per heavy atom. The minimum atomic E-state index is -2.78. The summed E-state index contributed by atoms with van der Waals surface area (Å²) in [4.78, 5) is 4.72. The van der Waals surface area contributed by atoms with Gasteiger partial charge in [-0.3, -0.25) is 4.98 Å². The highest BCUT2D eigenvalue weighted by Gasteiger charge is 2.38. The first-order valence-corrected chi connectivity index (χ1v) is 11.2. The van der Waals surface area contributed by atoms with Crippen LogP contribution in [-0.4, -0.2) is 4.98 Å². The first-order chi connectivity index (χ1) is 20.2. The van der Waals surface area contributed by atoms with Gasteiger partial charge in [-0.2, -0.15) is 0 Å². The van der Waals surface area contributed by atoms with Crippen molar-refractivity contribution in [2.24, 2.45) is 7.05 Å². The Bertz CT molecular complexity index is 2000. The van der Waals surface area contributed by atoms with Gasteiger partial charge in [-0.05, 0) is 53.6 Å². The number of hydrogen-bond acceptors (Lipinski definition) is 2. The van der Waals surface area contributed by atoms with Gasteiger partial charge in [0.05, 0.1) is 5.56 Å². The standard InChI is InChI=1S/C31H31N2O/c1-17(2)22-16-33(7)25(14-19(22)4)26-18(3)12-13-21-28-30(34-29(21)26)27-20-10-8-9-11-23(20)31(5,6)24(27)15-32-28/h8-17H,1-7H3/q+1/i1D3,4D3,5D3,17D. The lowest BCUT2D eigenvalue weighted by Crippen LogP contribution is -2.32. The van der Waals surface area contributed by atoms with Gasteiger partial charge in [-0.15, -0.1) is 0 Å². The van der Waals surface area contributed by atoms with Gasteiger partial charge in [0, 0.05) is 47.9 Å². The summed E-state index contributed by atoms with van der Waals surface area (Å²) in [7, 11) is 1.67. The highest BCUT2D eigenvalue weighted by Crippen LogP contribution is 2.52. The molecule has 2 atom stereocenters. The van der Waals surface area contributed by atoms with Crippen molar-refractivity contribution in [2.75, 3.05) is 0 Å². The molecule has 3 heteroatoms. The summed E-state index contributed by atoms with van der Waals surface area (Å²) in [5, 5.41) is 0.663. The maximum absolute atomic E-state index is 8.67. The lowest BCUT2D eigenvalue weighted by molar-refractivity contribution is -0.660. The molecule has 2 unspecified atom stereocenters. The first kappa shape index (κ1) is 12.9. The Labute approximate surface area is 215 Å². The van der Waals surface area contributed by atoms with Crippen LogP contribution in [0.3, 0.4) is 0 Å². The predicted octanol–water partition coefficient (Wildman–Crippen LogP) is 7.52. The van der Waals surface area contributed by atoms with E-state index in [1.54, 1.807) is 24.7 Å². The van der Waals surface area contributed by atoms with Crippen molar-refractivity contribution in [3.8, 4) is 22.4 Å². The molecular weight excluding hydrogens is 416 g/mol. The smallest absolute Gasteiger partial charge is 0.216 e. The van der Waals surface area contributed by atoms with E-state index in [0.717, 1.165) is 11.1 Å². The van der Waals surface area contributed by atoms with Crippen LogP contribution in [0.15, 0.2) is 59.3 Å². The van der Waals surface area contributed by atoms with Crippen LogP contribution in [0.1, 0.15) is 75.0 Å². The molecule has 0 amide bonds. The molecule has 0 saturated carbocycles. The normalized spacial score (nSPS) is 24.2. The molecule has 0 bridgehead atoms. The Hall–Kier alpha value is -3.46. The van der Waals surface area contributed by atoms with Gasteiger partial charge in [-0.25, -0.2) is 4.57 Å². The van der Waals surface area contributed by atoms with Crippen molar-refractivity contribution >= 4 is 22.1 Å². The highest BCUT2D eigenvalue weighted by atomic mass is 16.3. The lowest BCUT2D eigenvalue weighted by atomic mass is 9.83. The van der Waals surface area contributed by atoms with Crippen molar-refractivity contribution in [1.29, 1.82) is 0 Å². The largest absolute Gasteiger partial charge is 0.453 e. The van der Waals surface area contributed by atoms with E-state index in [0.29, 0.717) is 50.0 Å². The van der Waals surface area contributed by atoms with Gasteiger partial charge in [0.2, 0.25) is 5.69 Å². The molecule has 0 radical (unpaired) electrons. The third kappa shape index (κ3) is 2.70. The molecule has 0 fully saturated rings. The molecule has 3 nitrogen and oxygen atoms in total. The first-order valence-electron chi connectivity index (χ1n) is 16.2. The molecule has 5 aromatic rings. The topological polar surface area (TPSA) is 29.9 Å². The Kier molecular flexibility index (Phi) is 2.65. The summed E-state index contributed by atoms with van der Waals surface area (Å²) in [5.74, 6) is -2.18. The van der Waals surface area contributed by atoms with E-state index in [1.165, 1.54) is 19.2 Å². The number of nitrogens with zero attached hydrogens (tertiary/aromatic N) is 2. The number of rotatable bonds is 2. The molecule has 3 heterocycles. The summed E-state index contributed by atoms with van der Waals surface area (Å²) < 4.78 is 90.8. The second-order valence-electron chi connectivity index (χ2n) is 9.35. The summed E-state index contributed by atoms with van der Waals surface area (Å²) in [6.07, 6.45) is 3.02. The quantitative estimate of drug-likeness (QED) is 0.257. The third-order valence-corrected chi connectivity index (χ3v) is 7.07. The number of aromatic nitrogens is 2. The molecule has 34 heavy (non-hydrogen) atoms. The van der Waals surface area contributed by atoms with E-state index >= 15 is 0 Å². The monoisotopic (exact) mass is 457 g/mol. The second kappa shape index (κ2) is 7.02. The van der Waals surface area contributed by atoms with Crippen LogP contribution in [0.5, 0.6) is 0 Å². The number of fused-ring (bicyclic) bond motifs is 7. The molecular formula is C31H31N2O+. The molecule has 6 rings (SSSR count). The molecule has 0 saturated heterocycles. The molecule has 0 spiro atoms. The van der Waals surface area contributed by atoms with Crippen molar-refractivity contribution < 1.29 is 22.7 Å². The van der Waals surface area contributed by atoms with Crippen molar-refractivity contribution in [1.82, 2.24) is 4.98 Å². The van der Waals surface area contributed by atoms with Gasteiger partial charge < -0.3 is 4.42 Å². The molecule has 2 aromatic carbocycles.